The van der Waals surface area contributed by atoms with Gasteiger partial charge in [-0.25, -0.2) is 0 Å². The number of allylic oxidation sites excluding steroid dienone is 13. The van der Waals surface area contributed by atoms with Gasteiger partial charge in [-0.1, -0.05) is 292 Å². The number of aliphatic hydroxyl groups excluding tert-OH is 5. The lowest BCUT2D eigenvalue weighted by atomic mass is 9.99. The van der Waals surface area contributed by atoms with Crippen molar-refractivity contribution in [1.82, 2.24) is 5.32 Å². The van der Waals surface area contributed by atoms with Gasteiger partial charge in [-0.15, -0.1) is 0 Å². The van der Waals surface area contributed by atoms with Crippen LogP contribution in [0.1, 0.15) is 335 Å². The summed E-state index contributed by atoms with van der Waals surface area (Å²) in [5, 5.41) is 54.3. The molecule has 1 amide bonds. The van der Waals surface area contributed by atoms with Gasteiger partial charge in [0.15, 0.2) is 6.29 Å². The summed E-state index contributed by atoms with van der Waals surface area (Å²) >= 11 is 0. The molecule has 0 aliphatic carbocycles. The van der Waals surface area contributed by atoms with E-state index in [1.54, 1.807) is 6.08 Å². The molecule has 0 bridgehead atoms. The van der Waals surface area contributed by atoms with Crippen LogP contribution in [0.4, 0.5) is 0 Å². The van der Waals surface area contributed by atoms with Crippen molar-refractivity contribution >= 4 is 11.9 Å². The fraction of sp³-hybridized carbons (Fsp3) is 0.795. The van der Waals surface area contributed by atoms with Gasteiger partial charge >= 0.3 is 5.97 Å². The van der Waals surface area contributed by atoms with Crippen molar-refractivity contribution in [1.29, 1.82) is 0 Å². The van der Waals surface area contributed by atoms with Gasteiger partial charge in [0.05, 0.1) is 32.0 Å². The number of ether oxygens (including phenoxy) is 3. The first kappa shape index (κ1) is 83.9. The van der Waals surface area contributed by atoms with E-state index in [1.807, 2.05) is 6.08 Å². The lowest BCUT2D eigenvalue weighted by Crippen LogP contribution is -2.60. The normalized spacial score (nSPS) is 18.2. The number of unbranched alkanes of at least 4 members (excludes halogenated alkanes) is 39. The number of amides is 1. The smallest absolute Gasteiger partial charge is 0.305 e. The molecule has 11 heteroatoms. The van der Waals surface area contributed by atoms with Crippen molar-refractivity contribution < 1.29 is 49.3 Å². The third kappa shape index (κ3) is 55.0. The van der Waals surface area contributed by atoms with Crippen LogP contribution in [0.15, 0.2) is 85.1 Å². The van der Waals surface area contributed by atoms with E-state index < -0.39 is 49.5 Å². The number of carbonyl (C=O) groups excluding carboxylic acids is 2. The summed E-state index contributed by atoms with van der Waals surface area (Å²) in [6.45, 7) is 4.20. The Morgan fingerprint density at radius 2 is 0.798 bits per heavy atom. The number of hydrogen-bond donors (Lipinski definition) is 6. The highest BCUT2D eigenvalue weighted by atomic mass is 16.7. The summed E-state index contributed by atoms with van der Waals surface area (Å²) < 4.78 is 16.7. The zero-order valence-electron chi connectivity index (χ0n) is 57.4. The number of esters is 1. The van der Waals surface area contributed by atoms with E-state index in [9.17, 15) is 35.1 Å². The van der Waals surface area contributed by atoms with Gasteiger partial charge in [0.1, 0.15) is 24.4 Å². The molecule has 1 heterocycles. The Morgan fingerprint density at radius 3 is 1.22 bits per heavy atom. The van der Waals surface area contributed by atoms with Crippen molar-refractivity contribution in [2.45, 2.75) is 378 Å². The van der Waals surface area contributed by atoms with E-state index >= 15 is 0 Å². The van der Waals surface area contributed by atoms with Gasteiger partial charge in [0.2, 0.25) is 5.91 Å². The molecule has 0 aromatic rings. The molecule has 1 saturated heterocycles. The molecule has 0 spiro atoms. The second kappa shape index (κ2) is 66.3. The molecule has 11 nitrogen and oxygen atoms in total. The number of aliphatic hydroxyl groups is 5. The molecule has 6 N–H and O–H groups in total. The second-order valence-electron chi connectivity index (χ2n) is 25.6. The average molecular weight is 1250 g/mol. The third-order valence-corrected chi connectivity index (χ3v) is 17.2. The van der Waals surface area contributed by atoms with Gasteiger partial charge in [-0.05, 0) is 116 Å². The Morgan fingerprint density at radius 1 is 0.427 bits per heavy atom. The van der Waals surface area contributed by atoms with Crippen LogP contribution in [0.5, 0.6) is 0 Å². The average Bonchev–Trinajstić information content (AvgIpc) is 1.76. The Balaban J connectivity index is 1.91. The van der Waals surface area contributed by atoms with Crippen LogP contribution in [0.3, 0.4) is 0 Å². The highest BCUT2D eigenvalue weighted by Crippen LogP contribution is 2.23. The predicted octanol–water partition coefficient (Wildman–Crippen LogP) is 19.6. The molecule has 516 valence electrons. The van der Waals surface area contributed by atoms with Gasteiger partial charge in [0.25, 0.3) is 0 Å². The number of carbonyl (C=O) groups is 2. The van der Waals surface area contributed by atoms with Gasteiger partial charge in [-0.2, -0.15) is 0 Å². The first-order chi connectivity index (χ1) is 43.7. The molecule has 1 rings (SSSR count). The zero-order valence-corrected chi connectivity index (χ0v) is 57.4. The molecule has 0 radical (unpaired) electrons. The summed E-state index contributed by atoms with van der Waals surface area (Å²) in [6.07, 6.45) is 81.8. The molecule has 1 aliphatic heterocycles. The van der Waals surface area contributed by atoms with Crippen LogP contribution in [0.25, 0.3) is 0 Å². The molecule has 0 aromatic carbocycles. The number of nitrogens with one attached hydrogen (secondary N) is 1. The van der Waals surface area contributed by atoms with E-state index in [1.165, 1.54) is 225 Å². The summed E-state index contributed by atoms with van der Waals surface area (Å²) in [5.41, 5.74) is 0. The molecular formula is C78H139NO10. The maximum absolute atomic E-state index is 13.0. The van der Waals surface area contributed by atoms with Crippen molar-refractivity contribution in [3.63, 3.8) is 0 Å². The lowest BCUT2D eigenvalue weighted by Gasteiger charge is -2.40. The second-order valence-corrected chi connectivity index (χ2v) is 25.6. The lowest BCUT2D eigenvalue weighted by molar-refractivity contribution is -0.302. The fourth-order valence-corrected chi connectivity index (χ4v) is 11.4. The molecule has 7 unspecified atom stereocenters. The minimum Gasteiger partial charge on any atom is -0.466 e. The highest BCUT2D eigenvalue weighted by Gasteiger charge is 2.44. The highest BCUT2D eigenvalue weighted by molar-refractivity contribution is 5.76. The minimum absolute atomic E-state index is 0.00131. The van der Waals surface area contributed by atoms with Gasteiger partial charge in [0, 0.05) is 12.8 Å². The van der Waals surface area contributed by atoms with E-state index in [4.69, 9.17) is 14.2 Å². The first-order valence-corrected chi connectivity index (χ1v) is 37.4. The van der Waals surface area contributed by atoms with Gasteiger partial charge in [-0.3, -0.25) is 9.59 Å². The van der Waals surface area contributed by atoms with Crippen molar-refractivity contribution in [2.24, 2.45) is 0 Å². The largest absolute Gasteiger partial charge is 0.466 e. The molecule has 7 atom stereocenters. The van der Waals surface area contributed by atoms with Crippen LogP contribution in [0.2, 0.25) is 0 Å². The Hall–Kier alpha value is -3.16. The van der Waals surface area contributed by atoms with Crippen LogP contribution in [-0.2, 0) is 23.8 Å². The maximum Gasteiger partial charge on any atom is 0.305 e. The summed E-state index contributed by atoms with van der Waals surface area (Å²) in [6, 6.07) is -0.834. The Bertz CT molecular complexity index is 1760. The Labute approximate surface area is 546 Å². The standard InChI is InChI=1S/C78H139NO10/c1-3-5-7-9-11-13-15-16-17-18-37-40-43-46-50-54-58-62-66-74(83)87-67-63-59-55-51-47-44-41-38-35-33-31-29-27-25-23-21-19-20-22-24-26-28-30-32-34-36-39-42-45-49-53-57-61-65-73(82)79-70(69-88-78-77(86)76(85)75(84)72(68-80)89-78)71(81)64-60-56-52-48-14-12-10-8-6-4-2/h6,8,13-15,17-18,23,25,29,31,48,60,64,70-72,75-78,80-81,84-86H,3-5,7,9-12,16,19-22,24,26-28,30,32-47,49-59,61-63,65-69H2,1-2H3,(H,79,82)/b8-6+,15-13-,18-17-,25-23-,31-29-,48-14+,64-60+. The van der Waals surface area contributed by atoms with Crippen molar-refractivity contribution in [3.8, 4) is 0 Å². The maximum atomic E-state index is 13.0. The molecule has 0 aromatic heterocycles. The van der Waals surface area contributed by atoms with E-state index in [0.717, 1.165) is 83.5 Å². The van der Waals surface area contributed by atoms with Crippen molar-refractivity contribution in [3.05, 3.63) is 85.1 Å². The topological polar surface area (TPSA) is 175 Å². The van der Waals surface area contributed by atoms with Crippen LogP contribution >= 0.6 is 0 Å². The first-order valence-electron chi connectivity index (χ1n) is 37.4. The van der Waals surface area contributed by atoms with E-state index in [0.29, 0.717) is 19.4 Å². The SMILES string of the molecule is CC/C=C/CC/C=C/CC/C=C/C(O)C(COC1OC(CO)C(O)C(O)C1O)NC(=O)CCCCCCCCCCCCCCCCCCC/C=C\C/C=C\CCCCCCCCCCCOC(=O)CCCCCCCCC/C=C\C/C=C\CCCCCC. The molecule has 89 heavy (non-hydrogen) atoms. The van der Waals surface area contributed by atoms with Crippen LogP contribution in [-0.4, -0.2) is 100 Å². The summed E-state index contributed by atoms with van der Waals surface area (Å²) in [7, 11) is 0. The predicted molar refractivity (Wildman–Crippen MR) is 375 cm³/mol. The summed E-state index contributed by atoms with van der Waals surface area (Å²) in [5.74, 6) is -0.198. The van der Waals surface area contributed by atoms with Crippen molar-refractivity contribution in [2.75, 3.05) is 19.8 Å². The molecular weight excluding hydrogens is 1110 g/mol. The summed E-state index contributed by atoms with van der Waals surface area (Å²) in [4.78, 5) is 25.1. The fourth-order valence-electron chi connectivity index (χ4n) is 11.4. The number of hydrogen-bond acceptors (Lipinski definition) is 10. The van der Waals surface area contributed by atoms with E-state index in [2.05, 4.69) is 92.1 Å². The quantitative estimate of drug-likeness (QED) is 0.0195. The number of rotatable bonds is 65. The zero-order chi connectivity index (χ0) is 64.4. The van der Waals surface area contributed by atoms with Crippen LogP contribution < -0.4 is 5.32 Å². The molecule has 1 fully saturated rings. The van der Waals surface area contributed by atoms with E-state index in [-0.39, 0.29) is 18.5 Å². The molecule has 1 aliphatic rings. The monoisotopic (exact) mass is 1250 g/mol. The van der Waals surface area contributed by atoms with Crippen LogP contribution in [0, 0.1) is 0 Å². The minimum atomic E-state index is -1.58. The third-order valence-electron chi connectivity index (χ3n) is 17.2. The van der Waals surface area contributed by atoms with Gasteiger partial charge < -0.3 is 45.1 Å². The molecule has 0 saturated carbocycles. The Kier molecular flexibility index (Phi) is 62.5.